The maximum atomic E-state index is 6.20. The maximum absolute atomic E-state index is 6.20. The van der Waals surface area contributed by atoms with Crippen LogP contribution >= 0.6 is 12.4 Å². The number of hydrogen-bond donors (Lipinski definition) is 1. The number of nitrogens with two attached hydrogens (primary N) is 1. The molecule has 0 spiro atoms. The highest BCUT2D eigenvalue weighted by atomic mass is 35.5. The summed E-state index contributed by atoms with van der Waals surface area (Å²) in [4.78, 5) is 0. The second kappa shape index (κ2) is 6.27. The topological polar surface area (TPSA) is 35.2 Å². The van der Waals surface area contributed by atoms with Gasteiger partial charge in [-0.2, -0.15) is 0 Å². The van der Waals surface area contributed by atoms with Crippen LogP contribution in [0.4, 0.5) is 0 Å². The molecule has 0 bridgehead atoms. The molecule has 0 unspecified atom stereocenters. The van der Waals surface area contributed by atoms with Gasteiger partial charge in [-0.1, -0.05) is 26.0 Å². The van der Waals surface area contributed by atoms with Gasteiger partial charge in [0.25, 0.3) is 0 Å². The lowest BCUT2D eigenvalue weighted by atomic mass is 9.96. The molecule has 96 valence electrons. The largest absolute Gasteiger partial charge is 0.493 e. The zero-order valence-corrected chi connectivity index (χ0v) is 11.4. The molecule has 0 saturated carbocycles. The van der Waals surface area contributed by atoms with E-state index in [1.54, 1.807) is 0 Å². The van der Waals surface area contributed by atoms with Gasteiger partial charge in [-0.15, -0.1) is 12.4 Å². The predicted molar refractivity (Wildman–Crippen MR) is 73.9 cm³/mol. The molecule has 1 heterocycles. The van der Waals surface area contributed by atoms with Gasteiger partial charge in [0, 0.05) is 12.5 Å². The van der Waals surface area contributed by atoms with E-state index in [9.17, 15) is 0 Å². The van der Waals surface area contributed by atoms with Crippen molar-refractivity contribution in [1.29, 1.82) is 0 Å². The van der Waals surface area contributed by atoms with Crippen LogP contribution in [0, 0.1) is 5.92 Å². The summed E-state index contributed by atoms with van der Waals surface area (Å²) in [5, 5.41) is 0. The lowest BCUT2D eigenvalue weighted by Crippen LogP contribution is -2.11. The highest BCUT2D eigenvalue weighted by Crippen LogP contribution is 2.29. The van der Waals surface area contributed by atoms with Gasteiger partial charge in [-0.05, 0) is 36.0 Å². The number of halogens is 1. The van der Waals surface area contributed by atoms with E-state index in [1.807, 2.05) is 0 Å². The Labute approximate surface area is 110 Å². The molecule has 0 aromatic heterocycles. The van der Waals surface area contributed by atoms with E-state index in [0.717, 1.165) is 31.1 Å². The Bertz CT molecular complexity index is 365. The van der Waals surface area contributed by atoms with Crippen molar-refractivity contribution in [2.24, 2.45) is 11.7 Å². The molecule has 2 rings (SSSR count). The van der Waals surface area contributed by atoms with Crippen molar-refractivity contribution < 1.29 is 4.74 Å². The minimum Gasteiger partial charge on any atom is -0.493 e. The number of rotatable bonds is 4. The Kier molecular flexibility index (Phi) is 5.29. The van der Waals surface area contributed by atoms with Crippen LogP contribution in [0.25, 0.3) is 0 Å². The Morgan fingerprint density at radius 1 is 1.29 bits per heavy atom. The molecule has 0 aliphatic carbocycles. The lowest BCUT2D eigenvalue weighted by molar-refractivity contribution is 0.356. The normalized spacial score (nSPS) is 15.1. The molecular weight excluding hydrogens is 234 g/mol. The fourth-order valence-corrected chi connectivity index (χ4v) is 2.12. The van der Waals surface area contributed by atoms with Crippen LogP contribution in [0.1, 0.15) is 43.9 Å². The third-order valence-electron chi connectivity index (χ3n) is 3.20. The Morgan fingerprint density at radius 3 is 2.76 bits per heavy atom. The molecule has 17 heavy (non-hydrogen) atoms. The van der Waals surface area contributed by atoms with E-state index in [0.29, 0.717) is 0 Å². The van der Waals surface area contributed by atoms with Crippen molar-refractivity contribution >= 4 is 12.4 Å². The van der Waals surface area contributed by atoms with E-state index in [4.69, 9.17) is 10.5 Å². The van der Waals surface area contributed by atoms with Crippen molar-refractivity contribution in [3.05, 3.63) is 29.3 Å². The van der Waals surface area contributed by atoms with Gasteiger partial charge in [-0.3, -0.25) is 0 Å². The zero-order valence-electron chi connectivity index (χ0n) is 10.6. The molecule has 1 aromatic rings. The van der Waals surface area contributed by atoms with Gasteiger partial charge in [0.15, 0.2) is 0 Å². The molecule has 1 atom stereocenters. The SMILES string of the molecule is CC(C)CC[C@H](N)c1ccc2c(c1)CCO2.Cl. The number of ether oxygens (including phenoxy) is 1. The third kappa shape index (κ3) is 3.62. The molecule has 0 saturated heterocycles. The molecular formula is C14H22ClNO. The summed E-state index contributed by atoms with van der Waals surface area (Å²) in [5.74, 6) is 1.77. The van der Waals surface area contributed by atoms with Crippen molar-refractivity contribution in [2.75, 3.05) is 6.61 Å². The third-order valence-corrected chi connectivity index (χ3v) is 3.20. The molecule has 1 aliphatic heterocycles. The second-order valence-corrected chi connectivity index (χ2v) is 5.04. The smallest absolute Gasteiger partial charge is 0.122 e. The van der Waals surface area contributed by atoms with Crippen LogP contribution in [-0.2, 0) is 6.42 Å². The lowest BCUT2D eigenvalue weighted by Gasteiger charge is -2.14. The quantitative estimate of drug-likeness (QED) is 0.894. The van der Waals surface area contributed by atoms with Crippen molar-refractivity contribution in [1.82, 2.24) is 0 Å². The Balaban J connectivity index is 0.00000144. The predicted octanol–water partition coefficient (Wildman–Crippen LogP) is 3.48. The van der Waals surface area contributed by atoms with Gasteiger partial charge in [0.05, 0.1) is 6.61 Å². The maximum Gasteiger partial charge on any atom is 0.122 e. The fourth-order valence-electron chi connectivity index (χ4n) is 2.12. The molecule has 0 radical (unpaired) electrons. The van der Waals surface area contributed by atoms with Gasteiger partial charge in [0.1, 0.15) is 5.75 Å². The second-order valence-electron chi connectivity index (χ2n) is 5.04. The van der Waals surface area contributed by atoms with E-state index in [-0.39, 0.29) is 18.4 Å². The molecule has 1 aliphatic rings. The zero-order chi connectivity index (χ0) is 11.5. The standard InChI is InChI=1S/C14H21NO.ClH/c1-10(2)3-5-13(15)11-4-6-14-12(9-11)7-8-16-14;/h4,6,9-10,13H,3,5,7-8,15H2,1-2H3;1H/t13-;/m0./s1. The monoisotopic (exact) mass is 255 g/mol. The van der Waals surface area contributed by atoms with Gasteiger partial charge < -0.3 is 10.5 Å². The van der Waals surface area contributed by atoms with Crippen LogP contribution in [0.15, 0.2) is 18.2 Å². The number of fused-ring (bicyclic) bond motifs is 1. The first kappa shape index (κ1) is 14.3. The molecule has 0 fully saturated rings. The molecule has 0 amide bonds. The highest BCUT2D eigenvalue weighted by molar-refractivity contribution is 5.85. The first-order valence-electron chi connectivity index (χ1n) is 6.18. The summed E-state index contributed by atoms with van der Waals surface area (Å²) in [6, 6.07) is 6.56. The average molecular weight is 256 g/mol. The van der Waals surface area contributed by atoms with Crippen molar-refractivity contribution in [3.8, 4) is 5.75 Å². The first-order chi connectivity index (χ1) is 7.66. The summed E-state index contributed by atoms with van der Waals surface area (Å²) in [6.45, 7) is 5.30. The first-order valence-corrected chi connectivity index (χ1v) is 6.18. The van der Waals surface area contributed by atoms with Gasteiger partial charge in [0.2, 0.25) is 0 Å². The fraction of sp³-hybridized carbons (Fsp3) is 0.571. The van der Waals surface area contributed by atoms with Crippen LogP contribution in [0.5, 0.6) is 5.75 Å². The summed E-state index contributed by atoms with van der Waals surface area (Å²) >= 11 is 0. The summed E-state index contributed by atoms with van der Waals surface area (Å²) in [7, 11) is 0. The van der Waals surface area contributed by atoms with Crippen LogP contribution < -0.4 is 10.5 Å². The number of hydrogen-bond acceptors (Lipinski definition) is 2. The molecule has 2 nitrogen and oxygen atoms in total. The van der Waals surface area contributed by atoms with E-state index in [2.05, 4.69) is 32.0 Å². The molecule has 3 heteroatoms. The van der Waals surface area contributed by atoms with Crippen LogP contribution in [0.3, 0.4) is 0 Å². The summed E-state index contributed by atoms with van der Waals surface area (Å²) in [6.07, 6.45) is 3.28. The van der Waals surface area contributed by atoms with Crippen LogP contribution in [0.2, 0.25) is 0 Å². The molecule has 1 aromatic carbocycles. The van der Waals surface area contributed by atoms with Crippen molar-refractivity contribution in [3.63, 3.8) is 0 Å². The summed E-state index contributed by atoms with van der Waals surface area (Å²) < 4.78 is 5.49. The highest BCUT2D eigenvalue weighted by Gasteiger charge is 2.14. The molecule has 2 N–H and O–H groups in total. The van der Waals surface area contributed by atoms with E-state index < -0.39 is 0 Å². The minimum absolute atomic E-state index is 0. The van der Waals surface area contributed by atoms with E-state index in [1.165, 1.54) is 17.5 Å². The van der Waals surface area contributed by atoms with Gasteiger partial charge in [-0.25, -0.2) is 0 Å². The summed E-state index contributed by atoms with van der Waals surface area (Å²) in [5.41, 5.74) is 8.77. The van der Waals surface area contributed by atoms with E-state index >= 15 is 0 Å². The average Bonchev–Trinajstić information content (AvgIpc) is 2.72. The van der Waals surface area contributed by atoms with Gasteiger partial charge >= 0.3 is 0 Å². The Hall–Kier alpha value is -0.730. The van der Waals surface area contributed by atoms with Crippen molar-refractivity contribution in [2.45, 2.75) is 39.2 Å². The van der Waals surface area contributed by atoms with Crippen LogP contribution in [-0.4, -0.2) is 6.61 Å². The Morgan fingerprint density at radius 2 is 2.06 bits per heavy atom. The number of benzene rings is 1. The minimum atomic E-state index is 0.